The number of fused-ring (bicyclic) bond motifs is 1. The highest BCUT2D eigenvalue weighted by molar-refractivity contribution is 5.86. The lowest BCUT2D eigenvalue weighted by Gasteiger charge is -2.18. The largest absolute Gasteiger partial charge is 0.359 e. The van der Waals surface area contributed by atoms with Crippen LogP contribution in [-0.2, 0) is 0 Å². The van der Waals surface area contributed by atoms with E-state index >= 15 is 0 Å². The average molecular weight is 216 g/mol. The predicted octanol–water partition coefficient (Wildman–Crippen LogP) is 2.26. The van der Waals surface area contributed by atoms with Gasteiger partial charge in [-0.1, -0.05) is 13.3 Å². The molecule has 4 nitrogen and oxygen atoms in total. The van der Waals surface area contributed by atoms with E-state index in [4.69, 9.17) is 0 Å². The van der Waals surface area contributed by atoms with Crippen LogP contribution in [0.5, 0.6) is 0 Å². The summed E-state index contributed by atoms with van der Waals surface area (Å²) in [5, 5.41) is 1.02. The van der Waals surface area contributed by atoms with Gasteiger partial charge >= 0.3 is 0 Å². The van der Waals surface area contributed by atoms with Crippen LogP contribution < -0.4 is 4.90 Å². The first kappa shape index (κ1) is 10.8. The molecule has 0 fully saturated rings. The lowest BCUT2D eigenvalue weighted by molar-refractivity contribution is 0.760. The summed E-state index contributed by atoms with van der Waals surface area (Å²) < 4.78 is 0. The summed E-state index contributed by atoms with van der Waals surface area (Å²) in [6.45, 7) is 3.20. The van der Waals surface area contributed by atoms with Crippen molar-refractivity contribution in [1.29, 1.82) is 0 Å². The molecule has 0 aliphatic carbocycles. The third-order valence-corrected chi connectivity index (χ3v) is 2.60. The van der Waals surface area contributed by atoms with E-state index in [1.165, 1.54) is 12.8 Å². The Balaban J connectivity index is 2.36. The van der Waals surface area contributed by atoms with Crippen LogP contribution in [0.15, 0.2) is 24.7 Å². The topological polar surface area (TPSA) is 41.9 Å². The van der Waals surface area contributed by atoms with Gasteiger partial charge in [-0.05, 0) is 18.6 Å². The monoisotopic (exact) mass is 216 g/mol. The molecule has 0 atom stereocenters. The highest BCUT2D eigenvalue weighted by Crippen LogP contribution is 2.19. The molecular formula is C12H16N4. The van der Waals surface area contributed by atoms with Gasteiger partial charge < -0.3 is 4.90 Å². The summed E-state index contributed by atoms with van der Waals surface area (Å²) in [5.41, 5.74) is 0.760. The second-order valence-corrected chi connectivity index (χ2v) is 3.85. The summed E-state index contributed by atoms with van der Waals surface area (Å²) >= 11 is 0. The summed E-state index contributed by atoms with van der Waals surface area (Å²) in [7, 11) is 2.06. The number of aromatic nitrogens is 3. The first-order valence-corrected chi connectivity index (χ1v) is 5.59. The van der Waals surface area contributed by atoms with Crippen LogP contribution in [0.2, 0.25) is 0 Å². The second kappa shape index (κ2) is 4.88. The smallest absolute Gasteiger partial charge is 0.164 e. The van der Waals surface area contributed by atoms with Crippen LogP contribution >= 0.6 is 0 Å². The van der Waals surface area contributed by atoms with E-state index in [9.17, 15) is 0 Å². The van der Waals surface area contributed by atoms with Crippen molar-refractivity contribution >= 4 is 16.9 Å². The summed E-state index contributed by atoms with van der Waals surface area (Å²) in [6.07, 6.45) is 5.69. The molecule has 0 N–H and O–H groups in total. The number of unbranched alkanes of at least 4 members (excludes halogenated alkanes) is 1. The number of hydrogen-bond donors (Lipinski definition) is 0. The van der Waals surface area contributed by atoms with Crippen LogP contribution in [0.4, 0.5) is 5.82 Å². The molecule has 84 valence electrons. The minimum Gasteiger partial charge on any atom is -0.359 e. The normalized spacial score (nSPS) is 10.6. The first-order valence-electron chi connectivity index (χ1n) is 5.59. The van der Waals surface area contributed by atoms with Gasteiger partial charge in [0.1, 0.15) is 12.1 Å². The van der Waals surface area contributed by atoms with Crippen molar-refractivity contribution in [3.05, 3.63) is 24.7 Å². The van der Waals surface area contributed by atoms with Crippen molar-refractivity contribution < 1.29 is 0 Å². The summed E-state index contributed by atoms with van der Waals surface area (Å²) in [4.78, 5) is 14.9. The number of nitrogens with zero attached hydrogens (tertiary/aromatic N) is 4. The molecule has 0 radical (unpaired) electrons. The number of pyridine rings is 1. The maximum absolute atomic E-state index is 4.33. The van der Waals surface area contributed by atoms with Gasteiger partial charge in [0.05, 0.1) is 5.39 Å². The maximum Gasteiger partial charge on any atom is 0.164 e. The van der Waals surface area contributed by atoms with Gasteiger partial charge in [-0.2, -0.15) is 0 Å². The number of rotatable bonds is 4. The molecule has 0 aliphatic rings. The Morgan fingerprint density at radius 1 is 1.25 bits per heavy atom. The molecule has 0 saturated heterocycles. The summed E-state index contributed by atoms with van der Waals surface area (Å²) in [5.74, 6) is 0.964. The average Bonchev–Trinajstić information content (AvgIpc) is 2.35. The Morgan fingerprint density at radius 2 is 2.12 bits per heavy atom. The van der Waals surface area contributed by atoms with E-state index in [0.717, 1.165) is 23.4 Å². The van der Waals surface area contributed by atoms with Crippen molar-refractivity contribution in [3.63, 3.8) is 0 Å². The van der Waals surface area contributed by atoms with E-state index in [-0.39, 0.29) is 0 Å². The molecular weight excluding hydrogens is 200 g/mol. The fourth-order valence-corrected chi connectivity index (χ4v) is 1.69. The highest BCUT2D eigenvalue weighted by atomic mass is 15.2. The third kappa shape index (κ3) is 2.10. The van der Waals surface area contributed by atoms with Crippen molar-refractivity contribution in [1.82, 2.24) is 15.0 Å². The van der Waals surface area contributed by atoms with Gasteiger partial charge in [-0.3, -0.25) is 0 Å². The van der Waals surface area contributed by atoms with Crippen molar-refractivity contribution in [2.45, 2.75) is 19.8 Å². The second-order valence-electron chi connectivity index (χ2n) is 3.85. The van der Waals surface area contributed by atoms with E-state index in [0.29, 0.717) is 0 Å². The Morgan fingerprint density at radius 3 is 2.94 bits per heavy atom. The van der Waals surface area contributed by atoms with Crippen molar-refractivity contribution in [2.24, 2.45) is 0 Å². The lowest BCUT2D eigenvalue weighted by atomic mass is 10.2. The third-order valence-electron chi connectivity index (χ3n) is 2.60. The van der Waals surface area contributed by atoms with Gasteiger partial charge in [0.15, 0.2) is 5.65 Å². The van der Waals surface area contributed by atoms with Crippen LogP contribution in [0.25, 0.3) is 11.0 Å². The first-order chi connectivity index (χ1) is 7.83. The van der Waals surface area contributed by atoms with Crippen molar-refractivity contribution in [3.8, 4) is 0 Å². The Hall–Kier alpha value is -1.71. The number of anilines is 1. The molecule has 4 heteroatoms. The van der Waals surface area contributed by atoms with Crippen LogP contribution in [0.3, 0.4) is 0 Å². The molecule has 0 bridgehead atoms. The molecule has 2 aromatic rings. The molecule has 0 aromatic carbocycles. The van der Waals surface area contributed by atoms with Gasteiger partial charge in [0.2, 0.25) is 0 Å². The van der Waals surface area contributed by atoms with Gasteiger partial charge in [0, 0.05) is 19.8 Å². The van der Waals surface area contributed by atoms with E-state index in [1.807, 2.05) is 12.1 Å². The van der Waals surface area contributed by atoms with E-state index in [2.05, 4.69) is 33.8 Å². The van der Waals surface area contributed by atoms with Crippen molar-refractivity contribution in [2.75, 3.05) is 18.5 Å². The van der Waals surface area contributed by atoms with E-state index in [1.54, 1.807) is 12.5 Å². The minimum absolute atomic E-state index is 0.760. The SMILES string of the molecule is CCCCN(C)c1ncnc2ncccc12. The van der Waals surface area contributed by atoms with Crippen LogP contribution in [-0.4, -0.2) is 28.5 Å². The van der Waals surface area contributed by atoms with Crippen LogP contribution in [0.1, 0.15) is 19.8 Å². The zero-order valence-electron chi connectivity index (χ0n) is 9.72. The molecule has 0 saturated carbocycles. The molecule has 2 heterocycles. The Bertz CT molecular complexity index is 464. The minimum atomic E-state index is 0.760. The fraction of sp³-hybridized carbons (Fsp3) is 0.417. The maximum atomic E-state index is 4.33. The van der Waals surface area contributed by atoms with Gasteiger partial charge in [-0.15, -0.1) is 0 Å². The molecule has 0 aliphatic heterocycles. The molecule has 2 aromatic heterocycles. The lowest BCUT2D eigenvalue weighted by Crippen LogP contribution is -2.20. The zero-order valence-corrected chi connectivity index (χ0v) is 9.72. The molecule has 0 amide bonds. The van der Waals surface area contributed by atoms with Gasteiger partial charge in [0.25, 0.3) is 0 Å². The van der Waals surface area contributed by atoms with Crippen LogP contribution in [0, 0.1) is 0 Å². The fourth-order valence-electron chi connectivity index (χ4n) is 1.69. The quantitative estimate of drug-likeness (QED) is 0.786. The number of hydrogen-bond acceptors (Lipinski definition) is 4. The predicted molar refractivity (Wildman–Crippen MR) is 65.5 cm³/mol. The van der Waals surface area contributed by atoms with E-state index < -0.39 is 0 Å². The molecule has 16 heavy (non-hydrogen) atoms. The Labute approximate surface area is 95.4 Å². The highest BCUT2D eigenvalue weighted by Gasteiger charge is 2.07. The zero-order chi connectivity index (χ0) is 11.4. The Kier molecular flexibility index (Phi) is 3.29. The molecule has 0 spiro atoms. The molecule has 0 unspecified atom stereocenters. The van der Waals surface area contributed by atoms with Gasteiger partial charge in [-0.25, -0.2) is 15.0 Å². The standard InChI is InChI=1S/C12H16N4/c1-3-4-8-16(2)12-10-6-5-7-13-11(10)14-9-15-12/h5-7,9H,3-4,8H2,1-2H3. The summed E-state index contributed by atoms with van der Waals surface area (Å²) in [6, 6.07) is 3.93. The molecule has 2 rings (SSSR count).